The lowest BCUT2D eigenvalue weighted by Crippen LogP contribution is -2.35. The Morgan fingerprint density at radius 2 is 1.87 bits per heavy atom. The number of hydrogen-bond acceptors (Lipinski definition) is 5. The molecule has 0 radical (unpaired) electrons. The normalized spacial score (nSPS) is 11.9. The standard InChI is InChI=1S/C22H24N2O5S/c1-14-9-15(2)20-12-18(22(27)23-21(20)10-14)13-24(7-8-25)30(28,29)19-6-4-5-17(11-19)16(3)26/h4-6,9-12,25H,7-8,13H2,1-3H3,(H,23,27). The summed E-state index contributed by atoms with van der Waals surface area (Å²) in [4.78, 5) is 27.0. The molecule has 3 aromatic rings. The van der Waals surface area contributed by atoms with Crippen LogP contribution in [0.1, 0.15) is 34.0 Å². The number of sulfonamides is 1. The first kappa shape index (κ1) is 21.9. The molecular formula is C22H24N2O5S. The van der Waals surface area contributed by atoms with Gasteiger partial charge in [0.15, 0.2) is 5.78 Å². The molecule has 0 aliphatic heterocycles. The van der Waals surface area contributed by atoms with Crippen molar-refractivity contribution in [1.29, 1.82) is 0 Å². The molecule has 0 amide bonds. The molecule has 158 valence electrons. The number of H-pyrrole nitrogens is 1. The molecule has 8 heteroatoms. The summed E-state index contributed by atoms with van der Waals surface area (Å²) in [6.45, 7) is 4.42. The summed E-state index contributed by atoms with van der Waals surface area (Å²) in [5.41, 5.74) is 2.82. The second-order valence-electron chi connectivity index (χ2n) is 7.31. The van der Waals surface area contributed by atoms with Crippen LogP contribution in [-0.4, -0.2) is 41.7 Å². The maximum Gasteiger partial charge on any atom is 0.252 e. The highest BCUT2D eigenvalue weighted by atomic mass is 32.2. The third-order valence-electron chi connectivity index (χ3n) is 4.96. The van der Waals surface area contributed by atoms with E-state index in [1.165, 1.54) is 31.2 Å². The van der Waals surface area contributed by atoms with E-state index in [4.69, 9.17) is 0 Å². The van der Waals surface area contributed by atoms with E-state index in [9.17, 15) is 23.1 Å². The molecule has 1 aromatic heterocycles. The number of aliphatic hydroxyl groups is 1. The second kappa shape index (κ2) is 8.51. The molecule has 2 N–H and O–H groups in total. The van der Waals surface area contributed by atoms with Gasteiger partial charge in [0.25, 0.3) is 5.56 Å². The van der Waals surface area contributed by atoms with E-state index < -0.39 is 16.6 Å². The number of nitrogens with one attached hydrogen (secondary N) is 1. The maximum atomic E-state index is 13.2. The number of carbonyl (C=O) groups excluding carboxylic acids is 1. The minimum atomic E-state index is -4.04. The predicted octanol–water partition coefficient (Wildman–Crippen LogP) is 2.53. The van der Waals surface area contributed by atoms with Crippen molar-refractivity contribution in [1.82, 2.24) is 9.29 Å². The van der Waals surface area contributed by atoms with Gasteiger partial charge in [-0.2, -0.15) is 4.31 Å². The number of aromatic nitrogens is 1. The number of hydrogen-bond donors (Lipinski definition) is 2. The molecule has 0 atom stereocenters. The zero-order chi connectivity index (χ0) is 22.1. The van der Waals surface area contributed by atoms with Crippen LogP contribution in [0.5, 0.6) is 0 Å². The molecule has 30 heavy (non-hydrogen) atoms. The second-order valence-corrected chi connectivity index (χ2v) is 9.25. The van der Waals surface area contributed by atoms with Crippen LogP contribution in [0.2, 0.25) is 0 Å². The molecule has 0 aliphatic rings. The third kappa shape index (κ3) is 4.35. The van der Waals surface area contributed by atoms with E-state index in [0.717, 1.165) is 20.8 Å². The first-order valence-corrected chi connectivity index (χ1v) is 10.9. The largest absolute Gasteiger partial charge is 0.395 e. The van der Waals surface area contributed by atoms with Gasteiger partial charge < -0.3 is 10.1 Å². The average molecular weight is 429 g/mol. The van der Waals surface area contributed by atoms with Crippen molar-refractivity contribution in [2.24, 2.45) is 0 Å². The number of ketones is 1. The molecule has 0 aliphatic carbocycles. The Morgan fingerprint density at radius 3 is 2.53 bits per heavy atom. The van der Waals surface area contributed by atoms with E-state index in [2.05, 4.69) is 4.98 Å². The molecule has 7 nitrogen and oxygen atoms in total. The minimum absolute atomic E-state index is 0.0623. The van der Waals surface area contributed by atoms with E-state index in [0.29, 0.717) is 5.52 Å². The quantitative estimate of drug-likeness (QED) is 0.562. The van der Waals surface area contributed by atoms with Crippen LogP contribution >= 0.6 is 0 Å². The van der Waals surface area contributed by atoms with Gasteiger partial charge in [-0.3, -0.25) is 9.59 Å². The Balaban J connectivity index is 2.05. The van der Waals surface area contributed by atoms with Crippen LogP contribution in [0.4, 0.5) is 0 Å². The fraction of sp³-hybridized carbons (Fsp3) is 0.273. The monoisotopic (exact) mass is 428 g/mol. The number of nitrogens with zero attached hydrogens (tertiary/aromatic N) is 1. The Morgan fingerprint density at radius 1 is 1.13 bits per heavy atom. The highest BCUT2D eigenvalue weighted by Gasteiger charge is 2.26. The maximum absolute atomic E-state index is 13.2. The minimum Gasteiger partial charge on any atom is -0.395 e. The summed E-state index contributed by atoms with van der Waals surface area (Å²) in [7, 11) is -4.04. The first-order chi connectivity index (χ1) is 14.1. The molecule has 0 saturated carbocycles. The van der Waals surface area contributed by atoms with Crippen molar-refractivity contribution in [3.63, 3.8) is 0 Å². The number of carbonyl (C=O) groups is 1. The Labute approximate surface area is 175 Å². The lowest BCUT2D eigenvalue weighted by Gasteiger charge is -2.21. The van der Waals surface area contributed by atoms with Crippen molar-refractivity contribution in [3.8, 4) is 0 Å². The topological polar surface area (TPSA) is 108 Å². The Kier molecular flexibility index (Phi) is 6.21. The lowest BCUT2D eigenvalue weighted by atomic mass is 10.0. The van der Waals surface area contributed by atoms with Crippen LogP contribution in [0.3, 0.4) is 0 Å². The van der Waals surface area contributed by atoms with Crippen molar-refractivity contribution in [2.75, 3.05) is 13.2 Å². The van der Waals surface area contributed by atoms with E-state index in [1.807, 2.05) is 26.0 Å². The fourth-order valence-electron chi connectivity index (χ4n) is 3.44. The van der Waals surface area contributed by atoms with Crippen molar-refractivity contribution < 1.29 is 18.3 Å². The Bertz CT molecular complexity index is 1280. The number of aryl methyl sites for hydroxylation is 2. The van der Waals surface area contributed by atoms with Gasteiger partial charge in [-0.05, 0) is 56.2 Å². The van der Waals surface area contributed by atoms with E-state index >= 15 is 0 Å². The highest BCUT2D eigenvalue weighted by Crippen LogP contribution is 2.22. The van der Waals surface area contributed by atoms with Crippen LogP contribution in [0.15, 0.2) is 52.2 Å². The molecule has 2 aromatic carbocycles. The van der Waals surface area contributed by atoms with Gasteiger partial charge in [-0.15, -0.1) is 0 Å². The smallest absolute Gasteiger partial charge is 0.252 e. The number of Topliss-reactive ketones (excluding diaryl/α,β-unsaturated/α-hetero) is 1. The van der Waals surface area contributed by atoms with E-state index in [-0.39, 0.29) is 40.5 Å². The summed E-state index contributed by atoms with van der Waals surface area (Å²) in [5.74, 6) is -0.252. The van der Waals surface area contributed by atoms with Gasteiger partial charge in [0.1, 0.15) is 0 Å². The summed E-state index contributed by atoms with van der Waals surface area (Å²) < 4.78 is 27.4. The van der Waals surface area contributed by atoms with Crippen molar-refractivity contribution in [2.45, 2.75) is 32.2 Å². The average Bonchev–Trinajstić information content (AvgIpc) is 2.68. The van der Waals surface area contributed by atoms with E-state index in [1.54, 1.807) is 6.07 Å². The molecule has 0 saturated heterocycles. The molecule has 1 heterocycles. The summed E-state index contributed by atoms with van der Waals surface area (Å²) in [6, 6.07) is 11.3. The summed E-state index contributed by atoms with van der Waals surface area (Å²) in [6.07, 6.45) is 0. The van der Waals surface area contributed by atoms with Crippen LogP contribution in [-0.2, 0) is 16.6 Å². The van der Waals surface area contributed by atoms with Crippen molar-refractivity contribution >= 4 is 26.7 Å². The molecular weight excluding hydrogens is 404 g/mol. The first-order valence-electron chi connectivity index (χ1n) is 9.48. The number of benzene rings is 2. The highest BCUT2D eigenvalue weighted by molar-refractivity contribution is 7.89. The molecule has 3 rings (SSSR count). The Hall–Kier alpha value is -2.81. The summed E-state index contributed by atoms with van der Waals surface area (Å²) >= 11 is 0. The zero-order valence-corrected chi connectivity index (χ0v) is 17.9. The summed E-state index contributed by atoms with van der Waals surface area (Å²) in [5, 5.41) is 10.3. The number of aliphatic hydroxyl groups excluding tert-OH is 1. The van der Waals surface area contributed by atoms with Crippen LogP contribution in [0, 0.1) is 13.8 Å². The van der Waals surface area contributed by atoms with Crippen LogP contribution in [0.25, 0.3) is 10.9 Å². The lowest BCUT2D eigenvalue weighted by molar-refractivity contribution is 0.101. The number of fused-ring (bicyclic) bond motifs is 1. The number of pyridine rings is 1. The molecule has 0 spiro atoms. The van der Waals surface area contributed by atoms with Gasteiger partial charge in [-0.25, -0.2) is 8.42 Å². The number of rotatable bonds is 7. The number of aromatic amines is 1. The van der Waals surface area contributed by atoms with Crippen molar-refractivity contribution in [3.05, 3.63) is 75.1 Å². The SMILES string of the molecule is CC(=O)c1cccc(S(=O)(=O)N(CCO)Cc2cc3c(C)cc(C)cc3[nH]c2=O)c1. The predicted molar refractivity (Wildman–Crippen MR) is 115 cm³/mol. The zero-order valence-electron chi connectivity index (χ0n) is 17.1. The molecule has 0 fully saturated rings. The molecule has 0 bridgehead atoms. The van der Waals surface area contributed by atoms with Gasteiger partial charge in [-0.1, -0.05) is 18.2 Å². The van der Waals surface area contributed by atoms with Gasteiger partial charge in [0, 0.05) is 35.1 Å². The molecule has 0 unspecified atom stereocenters. The van der Waals surface area contributed by atoms with Crippen LogP contribution < -0.4 is 5.56 Å². The van der Waals surface area contributed by atoms with Gasteiger partial charge in [0.2, 0.25) is 10.0 Å². The van der Waals surface area contributed by atoms with Gasteiger partial charge in [0.05, 0.1) is 11.5 Å². The third-order valence-corrected chi connectivity index (χ3v) is 6.81. The fourth-order valence-corrected chi connectivity index (χ4v) is 4.90. The van der Waals surface area contributed by atoms with Gasteiger partial charge >= 0.3 is 0 Å².